The highest BCUT2D eigenvalue weighted by atomic mass is 16.5. The van der Waals surface area contributed by atoms with Crippen LogP contribution in [-0.4, -0.2) is 29.0 Å². The van der Waals surface area contributed by atoms with E-state index in [0.29, 0.717) is 11.6 Å². The average molecular weight is 376 g/mol. The molecule has 0 saturated heterocycles. The molecule has 7 nitrogen and oxygen atoms in total. The SMILES string of the molecule is COC(=O)c1ccccc1NC(=O)c1cnc(Nc2ccc(C)c(C)c2)nc1. The van der Waals surface area contributed by atoms with Crippen molar-refractivity contribution in [2.75, 3.05) is 17.7 Å². The quantitative estimate of drug-likeness (QED) is 0.657. The van der Waals surface area contributed by atoms with Crippen molar-refractivity contribution in [2.24, 2.45) is 0 Å². The minimum Gasteiger partial charge on any atom is -0.465 e. The van der Waals surface area contributed by atoms with E-state index >= 15 is 0 Å². The van der Waals surface area contributed by atoms with E-state index in [1.807, 2.05) is 32.0 Å². The number of hydrogen-bond donors (Lipinski definition) is 2. The molecule has 0 unspecified atom stereocenters. The van der Waals surface area contributed by atoms with E-state index < -0.39 is 11.9 Å². The Morgan fingerprint density at radius 3 is 2.36 bits per heavy atom. The summed E-state index contributed by atoms with van der Waals surface area (Å²) >= 11 is 0. The summed E-state index contributed by atoms with van der Waals surface area (Å²) in [5, 5.41) is 5.79. The van der Waals surface area contributed by atoms with Gasteiger partial charge >= 0.3 is 5.97 Å². The number of esters is 1. The molecule has 7 heteroatoms. The van der Waals surface area contributed by atoms with Gasteiger partial charge in [-0.3, -0.25) is 4.79 Å². The molecule has 3 aromatic rings. The van der Waals surface area contributed by atoms with Gasteiger partial charge in [0.15, 0.2) is 0 Å². The lowest BCUT2D eigenvalue weighted by Gasteiger charge is -2.10. The lowest BCUT2D eigenvalue weighted by Crippen LogP contribution is -2.16. The number of para-hydroxylation sites is 1. The van der Waals surface area contributed by atoms with Crippen LogP contribution < -0.4 is 10.6 Å². The van der Waals surface area contributed by atoms with Crippen LogP contribution in [0.3, 0.4) is 0 Å². The highest BCUT2D eigenvalue weighted by Gasteiger charge is 2.15. The van der Waals surface area contributed by atoms with Crippen LogP contribution in [0.2, 0.25) is 0 Å². The van der Waals surface area contributed by atoms with E-state index in [-0.39, 0.29) is 11.1 Å². The fourth-order valence-electron chi connectivity index (χ4n) is 2.53. The van der Waals surface area contributed by atoms with Crippen molar-refractivity contribution in [2.45, 2.75) is 13.8 Å². The molecule has 1 heterocycles. The number of carbonyl (C=O) groups excluding carboxylic acids is 2. The van der Waals surface area contributed by atoms with Crippen LogP contribution in [0.5, 0.6) is 0 Å². The Hall–Kier alpha value is -3.74. The number of hydrogen-bond acceptors (Lipinski definition) is 6. The Kier molecular flexibility index (Phi) is 5.64. The summed E-state index contributed by atoms with van der Waals surface area (Å²) in [4.78, 5) is 32.6. The molecule has 0 atom stereocenters. The molecule has 0 saturated carbocycles. The molecule has 1 aromatic heterocycles. The third kappa shape index (κ3) is 4.32. The van der Waals surface area contributed by atoms with Crippen molar-refractivity contribution in [1.29, 1.82) is 0 Å². The summed E-state index contributed by atoms with van der Waals surface area (Å²) in [5.74, 6) is -0.566. The second-order valence-corrected chi connectivity index (χ2v) is 6.21. The molecular weight excluding hydrogens is 356 g/mol. The number of aromatic nitrogens is 2. The predicted molar refractivity (Wildman–Crippen MR) is 107 cm³/mol. The normalized spacial score (nSPS) is 10.2. The number of carbonyl (C=O) groups is 2. The first kappa shape index (κ1) is 19.0. The summed E-state index contributed by atoms with van der Waals surface area (Å²) in [6.07, 6.45) is 2.85. The molecule has 1 amide bonds. The summed E-state index contributed by atoms with van der Waals surface area (Å²) in [7, 11) is 1.29. The van der Waals surface area contributed by atoms with Gasteiger partial charge in [-0.1, -0.05) is 18.2 Å². The fourth-order valence-corrected chi connectivity index (χ4v) is 2.53. The predicted octanol–water partition coefficient (Wildman–Crippen LogP) is 3.88. The second-order valence-electron chi connectivity index (χ2n) is 6.21. The Balaban J connectivity index is 1.72. The van der Waals surface area contributed by atoms with E-state index in [9.17, 15) is 9.59 Å². The fraction of sp³-hybridized carbons (Fsp3) is 0.143. The minimum absolute atomic E-state index is 0.269. The molecule has 0 aliphatic heterocycles. The van der Waals surface area contributed by atoms with Crippen LogP contribution in [0.4, 0.5) is 17.3 Å². The number of benzene rings is 2. The van der Waals surface area contributed by atoms with Crippen molar-refractivity contribution in [1.82, 2.24) is 9.97 Å². The minimum atomic E-state index is -0.528. The van der Waals surface area contributed by atoms with Crippen LogP contribution >= 0.6 is 0 Å². The Labute approximate surface area is 162 Å². The highest BCUT2D eigenvalue weighted by Crippen LogP contribution is 2.19. The second kappa shape index (κ2) is 8.30. The summed E-state index contributed by atoms with van der Waals surface area (Å²) in [6, 6.07) is 12.6. The maximum absolute atomic E-state index is 12.5. The molecule has 28 heavy (non-hydrogen) atoms. The van der Waals surface area contributed by atoms with Gasteiger partial charge < -0.3 is 15.4 Å². The zero-order valence-electron chi connectivity index (χ0n) is 15.8. The molecule has 0 spiro atoms. The molecule has 0 bridgehead atoms. The maximum atomic E-state index is 12.5. The molecule has 0 radical (unpaired) electrons. The van der Waals surface area contributed by atoms with Gasteiger partial charge in [-0.25, -0.2) is 14.8 Å². The zero-order valence-corrected chi connectivity index (χ0v) is 15.8. The standard InChI is InChI=1S/C21H20N4O3/c1-13-8-9-16(10-14(13)2)24-21-22-11-15(12-23-21)19(26)25-18-7-5-4-6-17(18)20(27)28-3/h4-12H,1-3H3,(H,25,26)(H,22,23,24). The summed E-state index contributed by atoms with van der Waals surface area (Å²) in [5.41, 5.74) is 4.12. The summed E-state index contributed by atoms with van der Waals surface area (Å²) < 4.78 is 4.73. The van der Waals surface area contributed by atoms with E-state index in [2.05, 4.69) is 20.6 Å². The van der Waals surface area contributed by atoms with E-state index in [1.165, 1.54) is 25.1 Å². The number of rotatable bonds is 5. The van der Waals surface area contributed by atoms with Gasteiger partial charge in [0, 0.05) is 18.1 Å². The van der Waals surface area contributed by atoms with E-state index in [0.717, 1.165) is 11.3 Å². The van der Waals surface area contributed by atoms with Gasteiger partial charge in [0.25, 0.3) is 5.91 Å². The van der Waals surface area contributed by atoms with Crippen LogP contribution in [0, 0.1) is 13.8 Å². The molecule has 0 fully saturated rings. The molecular formula is C21H20N4O3. The lowest BCUT2D eigenvalue weighted by molar-refractivity contribution is 0.0602. The number of methoxy groups -OCH3 is 1. The van der Waals surface area contributed by atoms with Gasteiger partial charge in [-0.15, -0.1) is 0 Å². The van der Waals surface area contributed by atoms with E-state index in [1.54, 1.807) is 24.3 Å². The monoisotopic (exact) mass is 376 g/mol. The average Bonchev–Trinajstić information content (AvgIpc) is 2.71. The number of anilines is 3. The molecule has 3 rings (SSSR count). The number of nitrogens with one attached hydrogen (secondary N) is 2. The van der Waals surface area contributed by atoms with E-state index in [4.69, 9.17) is 4.74 Å². The maximum Gasteiger partial charge on any atom is 0.339 e. The highest BCUT2D eigenvalue weighted by molar-refractivity contribution is 6.07. The topological polar surface area (TPSA) is 93.2 Å². The molecule has 2 aromatic carbocycles. The Bertz CT molecular complexity index is 1020. The lowest BCUT2D eigenvalue weighted by atomic mass is 10.1. The van der Waals surface area contributed by atoms with Gasteiger partial charge in [0.1, 0.15) is 0 Å². The van der Waals surface area contributed by atoms with Gasteiger partial charge in [-0.05, 0) is 49.2 Å². The summed E-state index contributed by atoms with van der Waals surface area (Å²) in [6.45, 7) is 4.07. The number of ether oxygens (including phenoxy) is 1. The first-order valence-corrected chi connectivity index (χ1v) is 8.63. The number of nitrogens with zero attached hydrogens (tertiary/aromatic N) is 2. The van der Waals surface area contributed by atoms with Crippen molar-refractivity contribution < 1.29 is 14.3 Å². The Morgan fingerprint density at radius 2 is 1.68 bits per heavy atom. The third-order valence-corrected chi connectivity index (χ3v) is 4.26. The van der Waals surface area contributed by atoms with Crippen LogP contribution in [0.15, 0.2) is 54.9 Å². The molecule has 2 N–H and O–H groups in total. The molecule has 0 aliphatic carbocycles. The van der Waals surface area contributed by atoms with Gasteiger partial charge in [0.05, 0.1) is 23.9 Å². The first-order chi connectivity index (χ1) is 13.5. The Morgan fingerprint density at radius 1 is 0.964 bits per heavy atom. The molecule has 142 valence electrons. The van der Waals surface area contributed by atoms with Crippen molar-refractivity contribution in [3.63, 3.8) is 0 Å². The largest absolute Gasteiger partial charge is 0.465 e. The smallest absolute Gasteiger partial charge is 0.339 e. The van der Waals surface area contributed by atoms with Crippen LogP contribution in [0.1, 0.15) is 31.8 Å². The number of aryl methyl sites for hydroxylation is 2. The van der Waals surface area contributed by atoms with Crippen molar-refractivity contribution in [3.8, 4) is 0 Å². The van der Waals surface area contributed by atoms with Crippen LogP contribution in [0.25, 0.3) is 0 Å². The number of amides is 1. The zero-order chi connectivity index (χ0) is 20.1. The first-order valence-electron chi connectivity index (χ1n) is 8.63. The third-order valence-electron chi connectivity index (χ3n) is 4.26. The molecule has 0 aliphatic rings. The van der Waals surface area contributed by atoms with Gasteiger partial charge in [0.2, 0.25) is 5.95 Å². The van der Waals surface area contributed by atoms with Gasteiger partial charge in [-0.2, -0.15) is 0 Å². The van der Waals surface area contributed by atoms with Crippen molar-refractivity contribution >= 4 is 29.2 Å². The van der Waals surface area contributed by atoms with Crippen molar-refractivity contribution in [3.05, 3.63) is 77.1 Å². The van der Waals surface area contributed by atoms with Crippen LogP contribution in [-0.2, 0) is 4.74 Å².